The highest BCUT2D eigenvalue weighted by Crippen LogP contribution is 2.37. The zero-order valence-electron chi connectivity index (χ0n) is 17.9. The number of rotatable bonds is 7. The molecule has 3 aromatic rings. The number of amides is 1. The quantitative estimate of drug-likeness (QED) is 0.648. The van der Waals surface area contributed by atoms with Gasteiger partial charge in [0.15, 0.2) is 6.61 Å². The minimum absolute atomic E-state index is 0.0237. The van der Waals surface area contributed by atoms with Crippen molar-refractivity contribution < 1.29 is 9.53 Å². The van der Waals surface area contributed by atoms with Crippen molar-refractivity contribution in [3.8, 4) is 17.0 Å². The molecule has 4 rings (SSSR count). The topological polar surface area (TPSA) is 76.1 Å². The Morgan fingerprint density at radius 3 is 2.83 bits per heavy atom. The van der Waals surface area contributed by atoms with Gasteiger partial charge in [-0.25, -0.2) is 4.98 Å². The lowest BCUT2D eigenvalue weighted by Gasteiger charge is -2.28. The van der Waals surface area contributed by atoms with Gasteiger partial charge in [0.2, 0.25) is 0 Å². The van der Waals surface area contributed by atoms with Gasteiger partial charge in [-0.3, -0.25) is 4.79 Å². The molecule has 1 aliphatic rings. The second-order valence-electron chi connectivity index (χ2n) is 7.80. The maximum atomic E-state index is 12.3. The molecule has 3 heterocycles. The molecule has 7 nitrogen and oxygen atoms in total. The molecule has 2 N–H and O–H groups in total. The molecule has 0 atom stereocenters. The lowest BCUT2D eigenvalue weighted by molar-refractivity contribution is -0.121. The molecule has 1 amide bonds. The van der Waals surface area contributed by atoms with E-state index < -0.39 is 0 Å². The summed E-state index contributed by atoms with van der Waals surface area (Å²) in [6.45, 7) is 6.63. The standard InChI is InChI=1S/C23H29N5O2/c1-4-6-11-26(3)14-19-23(25-21-10-8-17(24)13-28(19)21)16-7-9-20-18(12-16)27(5-2)22(29)15-30-20/h7-10,12-13H,4-6,11,14-15,24H2,1-3H3. The van der Waals surface area contributed by atoms with Crippen LogP contribution < -0.4 is 15.4 Å². The maximum Gasteiger partial charge on any atom is 0.265 e. The average Bonchev–Trinajstić information content (AvgIpc) is 3.09. The van der Waals surface area contributed by atoms with Crippen molar-refractivity contribution in [2.24, 2.45) is 0 Å². The Hall–Kier alpha value is -3.06. The van der Waals surface area contributed by atoms with E-state index in [1.54, 1.807) is 4.90 Å². The second-order valence-corrected chi connectivity index (χ2v) is 7.80. The summed E-state index contributed by atoms with van der Waals surface area (Å²) in [6.07, 6.45) is 4.23. The predicted octanol–water partition coefficient (Wildman–Crippen LogP) is 3.56. The zero-order chi connectivity index (χ0) is 21.3. The van der Waals surface area contributed by atoms with E-state index in [1.165, 1.54) is 0 Å². The van der Waals surface area contributed by atoms with Crippen LogP contribution in [-0.2, 0) is 11.3 Å². The van der Waals surface area contributed by atoms with Crippen LogP contribution in [0.5, 0.6) is 5.75 Å². The number of hydrogen-bond donors (Lipinski definition) is 1. The van der Waals surface area contributed by atoms with Crippen molar-refractivity contribution in [3.05, 3.63) is 42.2 Å². The Morgan fingerprint density at radius 1 is 1.23 bits per heavy atom. The number of fused-ring (bicyclic) bond motifs is 2. The van der Waals surface area contributed by atoms with Gasteiger partial charge in [0.05, 0.1) is 17.1 Å². The normalized spacial score (nSPS) is 13.7. The molecule has 158 valence electrons. The fourth-order valence-electron chi connectivity index (χ4n) is 3.95. The number of likely N-dealkylation sites (N-methyl/N-ethyl adjacent to an activating group) is 1. The first-order chi connectivity index (χ1) is 14.5. The van der Waals surface area contributed by atoms with Gasteiger partial charge in [-0.15, -0.1) is 0 Å². The molecule has 0 bridgehead atoms. The Bertz CT molecular complexity index is 1070. The maximum absolute atomic E-state index is 12.3. The summed E-state index contributed by atoms with van der Waals surface area (Å²) in [7, 11) is 2.13. The number of anilines is 2. The molecule has 7 heteroatoms. The number of nitrogen functional groups attached to an aromatic ring is 1. The molecule has 0 saturated carbocycles. The van der Waals surface area contributed by atoms with Crippen molar-refractivity contribution in [2.45, 2.75) is 33.2 Å². The number of carbonyl (C=O) groups excluding carboxylic acids is 1. The van der Waals surface area contributed by atoms with Crippen LogP contribution in [-0.4, -0.2) is 46.9 Å². The first-order valence-corrected chi connectivity index (χ1v) is 10.5. The first-order valence-electron chi connectivity index (χ1n) is 10.5. The van der Waals surface area contributed by atoms with Crippen LogP contribution in [0.3, 0.4) is 0 Å². The fraction of sp³-hybridized carbons (Fsp3) is 0.391. The lowest BCUT2D eigenvalue weighted by atomic mass is 10.1. The first kappa shape index (κ1) is 20.2. The molecule has 0 radical (unpaired) electrons. The summed E-state index contributed by atoms with van der Waals surface area (Å²) >= 11 is 0. The second kappa shape index (κ2) is 8.36. The Balaban J connectivity index is 1.81. The van der Waals surface area contributed by atoms with Crippen molar-refractivity contribution in [1.29, 1.82) is 0 Å². The number of pyridine rings is 1. The molecular formula is C23H29N5O2. The van der Waals surface area contributed by atoms with Crippen molar-refractivity contribution >= 4 is 22.9 Å². The zero-order valence-corrected chi connectivity index (χ0v) is 17.9. The van der Waals surface area contributed by atoms with Gasteiger partial charge in [-0.1, -0.05) is 13.3 Å². The van der Waals surface area contributed by atoms with Crippen LogP contribution >= 0.6 is 0 Å². The van der Waals surface area contributed by atoms with Crippen molar-refractivity contribution in [2.75, 3.05) is 37.4 Å². The van der Waals surface area contributed by atoms with E-state index in [2.05, 4.69) is 23.3 Å². The van der Waals surface area contributed by atoms with Crippen LogP contribution in [0.2, 0.25) is 0 Å². The number of hydrogen-bond acceptors (Lipinski definition) is 5. The van der Waals surface area contributed by atoms with Crippen LogP contribution in [0.15, 0.2) is 36.5 Å². The molecule has 0 unspecified atom stereocenters. The number of carbonyl (C=O) groups is 1. The van der Waals surface area contributed by atoms with Crippen LogP contribution in [0.4, 0.5) is 11.4 Å². The summed E-state index contributed by atoms with van der Waals surface area (Å²) in [4.78, 5) is 21.3. The van der Waals surface area contributed by atoms with Gasteiger partial charge in [-0.2, -0.15) is 0 Å². The molecule has 0 spiro atoms. The third kappa shape index (κ3) is 3.73. The highest BCUT2D eigenvalue weighted by atomic mass is 16.5. The third-order valence-corrected chi connectivity index (χ3v) is 5.55. The molecule has 1 aromatic carbocycles. The number of nitrogens with zero attached hydrogens (tertiary/aromatic N) is 4. The minimum Gasteiger partial charge on any atom is -0.482 e. The third-order valence-electron chi connectivity index (χ3n) is 5.55. The summed E-state index contributed by atoms with van der Waals surface area (Å²) in [5.41, 5.74) is 11.4. The smallest absolute Gasteiger partial charge is 0.265 e. The minimum atomic E-state index is -0.0237. The highest BCUT2D eigenvalue weighted by Gasteiger charge is 2.26. The van der Waals surface area contributed by atoms with Gasteiger partial charge >= 0.3 is 0 Å². The largest absolute Gasteiger partial charge is 0.482 e. The summed E-state index contributed by atoms with van der Waals surface area (Å²) < 4.78 is 7.71. The van der Waals surface area contributed by atoms with Crippen LogP contribution in [0, 0.1) is 0 Å². The van der Waals surface area contributed by atoms with E-state index in [4.69, 9.17) is 15.5 Å². The summed E-state index contributed by atoms with van der Waals surface area (Å²) in [5, 5.41) is 0. The van der Waals surface area contributed by atoms with Gasteiger partial charge in [0, 0.05) is 30.5 Å². The molecule has 1 aliphatic heterocycles. The molecule has 0 fully saturated rings. The van der Waals surface area contributed by atoms with Crippen molar-refractivity contribution in [1.82, 2.24) is 14.3 Å². The number of ether oxygens (including phenoxy) is 1. The van der Waals surface area contributed by atoms with E-state index in [9.17, 15) is 4.79 Å². The van der Waals surface area contributed by atoms with E-state index in [0.29, 0.717) is 12.2 Å². The Morgan fingerprint density at radius 2 is 2.07 bits per heavy atom. The van der Waals surface area contributed by atoms with E-state index in [1.807, 2.05) is 43.5 Å². The van der Waals surface area contributed by atoms with E-state index in [0.717, 1.165) is 60.0 Å². The fourth-order valence-corrected chi connectivity index (χ4v) is 3.95. The van der Waals surface area contributed by atoms with Crippen LogP contribution in [0.1, 0.15) is 32.4 Å². The molecule has 30 heavy (non-hydrogen) atoms. The van der Waals surface area contributed by atoms with Crippen LogP contribution in [0.25, 0.3) is 16.9 Å². The summed E-state index contributed by atoms with van der Waals surface area (Å²) in [5.74, 6) is 0.708. The number of nitrogens with two attached hydrogens (primary N) is 1. The van der Waals surface area contributed by atoms with E-state index >= 15 is 0 Å². The SMILES string of the molecule is CCCCN(C)Cc1c(-c2ccc3c(c2)N(CC)C(=O)CO3)nc2ccc(N)cn12. The number of aromatic nitrogens is 2. The predicted molar refractivity (Wildman–Crippen MR) is 120 cm³/mol. The molecule has 0 aliphatic carbocycles. The lowest BCUT2D eigenvalue weighted by Crippen LogP contribution is -2.38. The Kier molecular flexibility index (Phi) is 5.63. The van der Waals surface area contributed by atoms with Gasteiger partial charge in [0.1, 0.15) is 11.4 Å². The summed E-state index contributed by atoms with van der Waals surface area (Å²) in [6, 6.07) is 9.77. The number of unbranched alkanes of at least 4 members (excludes halogenated alkanes) is 1. The molecular weight excluding hydrogens is 378 g/mol. The molecule has 2 aromatic heterocycles. The highest BCUT2D eigenvalue weighted by molar-refractivity contribution is 5.98. The monoisotopic (exact) mass is 407 g/mol. The Labute approximate surface area is 177 Å². The van der Waals surface area contributed by atoms with E-state index in [-0.39, 0.29) is 12.5 Å². The number of benzene rings is 1. The molecule has 0 saturated heterocycles. The van der Waals surface area contributed by atoms with Gasteiger partial charge in [0.25, 0.3) is 5.91 Å². The van der Waals surface area contributed by atoms with Gasteiger partial charge in [-0.05, 0) is 57.3 Å². The van der Waals surface area contributed by atoms with Crippen molar-refractivity contribution in [3.63, 3.8) is 0 Å². The average molecular weight is 408 g/mol. The number of imidazole rings is 1. The van der Waals surface area contributed by atoms with Gasteiger partial charge < -0.3 is 24.7 Å².